The van der Waals surface area contributed by atoms with Crippen LogP contribution in [0.5, 0.6) is 0 Å². The molecule has 138 valence electrons. The molecule has 3 rings (SSSR count). The van der Waals surface area contributed by atoms with Crippen LogP contribution in [0.3, 0.4) is 0 Å². The van der Waals surface area contributed by atoms with Crippen molar-refractivity contribution in [3.05, 3.63) is 71.8 Å². The Morgan fingerprint density at radius 3 is 1.92 bits per heavy atom. The fraction of sp³-hybridized carbons (Fsp3) is 0.316. The number of nitrogens with zero attached hydrogens (tertiary/aromatic N) is 1. The second-order valence-corrected chi connectivity index (χ2v) is 9.58. The van der Waals surface area contributed by atoms with Crippen LogP contribution in [0.2, 0.25) is 0 Å². The van der Waals surface area contributed by atoms with Gasteiger partial charge in [0, 0.05) is 13.1 Å². The number of hydrogen-bond acceptors (Lipinski definition) is 3. The number of alkyl halides is 1. The first-order chi connectivity index (χ1) is 12.4. The molecule has 0 aliphatic carbocycles. The molecule has 0 amide bonds. The molecule has 0 radical (unpaired) electrons. The second kappa shape index (κ2) is 8.37. The van der Waals surface area contributed by atoms with Crippen LogP contribution in [0, 0.1) is 0 Å². The molecule has 1 saturated heterocycles. The van der Waals surface area contributed by atoms with Gasteiger partial charge in [0.15, 0.2) is 14.9 Å². The average molecular weight is 409 g/mol. The predicted molar refractivity (Wildman–Crippen MR) is 110 cm³/mol. The molecule has 0 spiro atoms. The fourth-order valence-corrected chi connectivity index (χ4v) is 5.82. The molecule has 0 saturated carbocycles. The summed E-state index contributed by atoms with van der Waals surface area (Å²) in [5.74, 6) is 0.0119. The number of thiocarbonyl (C=S) groups is 1. The molecule has 2 unspecified atom stereocenters. The van der Waals surface area contributed by atoms with Crippen molar-refractivity contribution in [1.29, 1.82) is 0 Å². The lowest BCUT2D eigenvalue weighted by atomic mass is 10.2. The summed E-state index contributed by atoms with van der Waals surface area (Å²) in [6.45, 7) is 1.27. The Bertz CT molecular complexity index is 803. The second-order valence-electron chi connectivity index (χ2n) is 6.48. The third-order valence-electron chi connectivity index (χ3n) is 4.31. The maximum atomic E-state index is 11.8. The molecular formula is C19H21ClN2O2S2. The summed E-state index contributed by atoms with van der Waals surface area (Å²) in [4.78, 5) is 2.04. The highest BCUT2D eigenvalue weighted by atomic mass is 35.5. The van der Waals surface area contributed by atoms with E-state index in [0.717, 1.165) is 11.1 Å². The van der Waals surface area contributed by atoms with E-state index in [0.29, 0.717) is 18.2 Å². The van der Waals surface area contributed by atoms with Gasteiger partial charge in [-0.1, -0.05) is 60.7 Å². The Kier molecular flexibility index (Phi) is 6.16. The monoisotopic (exact) mass is 408 g/mol. The SMILES string of the molecule is O=S1(=O)CC(Cl)C(NC(=S)N(Cc2ccccc2)Cc2ccccc2)C1. The van der Waals surface area contributed by atoms with Crippen LogP contribution in [0.1, 0.15) is 11.1 Å². The van der Waals surface area contributed by atoms with E-state index in [-0.39, 0.29) is 17.5 Å². The van der Waals surface area contributed by atoms with Gasteiger partial charge >= 0.3 is 0 Å². The Morgan fingerprint density at radius 1 is 1.00 bits per heavy atom. The Hall–Kier alpha value is -1.63. The summed E-state index contributed by atoms with van der Waals surface area (Å²) in [5.41, 5.74) is 2.27. The lowest BCUT2D eigenvalue weighted by Crippen LogP contribution is -2.47. The Balaban J connectivity index is 1.74. The van der Waals surface area contributed by atoms with Crippen molar-refractivity contribution in [2.24, 2.45) is 0 Å². The molecule has 2 atom stereocenters. The topological polar surface area (TPSA) is 49.4 Å². The van der Waals surface area contributed by atoms with Crippen LogP contribution >= 0.6 is 23.8 Å². The summed E-state index contributed by atoms with van der Waals surface area (Å²) in [6.07, 6.45) is 0. The Morgan fingerprint density at radius 2 is 1.50 bits per heavy atom. The molecule has 26 heavy (non-hydrogen) atoms. The van der Waals surface area contributed by atoms with Crippen molar-refractivity contribution < 1.29 is 8.42 Å². The van der Waals surface area contributed by atoms with Gasteiger partial charge in [-0.15, -0.1) is 11.6 Å². The summed E-state index contributed by atoms with van der Waals surface area (Å²) >= 11 is 11.8. The maximum absolute atomic E-state index is 11.8. The lowest BCUT2D eigenvalue weighted by molar-refractivity contribution is 0.393. The molecule has 1 aliphatic heterocycles. The zero-order valence-corrected chi connectivity index (χ0v) is 16.6. The number of benzene rings is 2. The number of halogens is 1. The standard InChI is InChI=1S/C19H21ClN2O2S2/c20-17-13-26(23,24)14-18(17)21-19(25)22(11-15-7-3-1-4-8-15)12-16-9-5-2-6-10-16/h1-10,17-18H,11-14H2,(H,21,25). The molecule has 1 heterocycles. The van der Waals surface area contributed by atoms with E-state index in [2.05, 4.69) is 5.32 Å². The molecule has 0 aromatic heterocycles. The van der Waals surface area contributed by atoms with Crippen LogP contribution < -0.4 is 5.32 Å². The quantitative estimate of drug-likeness (QED) is 0.608. The Labute approximate surface area is 165 Å². The highest BCUT2D eigenvalue weighted by Crippen LogP contribution is 2.19. The normalized spacial score (nSPS) is 21.3. The van der Waals surface area contributed by atoms with Crippen molar-refractivity contribution in [2.45, 2.75) is 24.5 Å². The van der Waals surface area contributed by atoms with E-state index in [9.17, 15) is 8.42 Å². The van der Waals surface area contributed by atoms with Crippen molar-refractivity contribution in [2.75, 3.05) is 11.5 Å². The van der Waals surface area contributed by atoms with E-state index in [1.54, 1.807) is 0 Å². The maximum Gasteiger partial charge on any atom is 0.169 e. The zero-order chi connectivity index (χ0) is 18.6. The van der Waals surface area contributed by atoms with Gasteiger partial charge in [-0.25, -0.2) is 8.42 Å². The summed E-state index contributed by atoms with van der Waals surface area (Å²) in [6, 6.07) is 19.7. The van der Waals surface area contributed by atoms with Gasteiger partial charge in [0.25, 0.3) is 0 Å². The van der Waals surface area contributed by atoms with Crippen molar-refractivity contribution in [1.82, 2.24) is 10.2 Å². The van der Waals surface area contributed by atoms with E-state index in [1.165, 1.54) is 0 Å². The van der Waals surface area contributed by atoms with Gasteiger partial charge in [0.2, 0.25) is 0 Å². The molecule has 1 N–H and O–H groups in total. The number of rotatable bonds is 5. The molecule has 1 aliphatic rings. The highest BCUT2D eigenvalue weighted by Gasteiger charge is 2.37. The van der Waals surface area contributed by atoms with E-state index in [4.69, 9.17) is 23.8 Å². The number of nitrogens with one attached hydrogen (secondary N) is 1. The summed E-state index contributed by atoms with van der Waals surface area (Å²) in [5, 5.41) is 3.23. The predicted octanol–water partition coefficient (Wildman–Crippen LogP) is 2.97. The molecule has 4 nitrogen and oxygen atoms in total. The third-order valence-corrected chi connectivity index (χ3v) is 7.06. The molecule has 1 fully saturated rings. The lowest BCUT2D eigenvalue weighted by Gasteiger charge is -2.28. The first-order valence-corrected chi connectivity index (χ1v) is 11.1. The van der Waals surface area contributed by atoms with Crippen molar-refractivity contribution >= 4 is 38.8 Å². The van der Waals surface area contributed by atoms with Gasteiger partial charge in [-0.2, -0.15) is 0 Å². The largest absolute Gasteiger partial charge is 0.357 e. The molecule has 0 bridgehead atoms. The average Bonchev–Trinajstić information content (AvgIpc) is 2.87. The van der Waals surface area contributed by atoms with Crippen molar-refractivity contribution in [3.8, 4) is 0 Å². The summed E-state index contributed by atoms with van der Waals surface area (Å²) < 4.78 is 23.6. The van der Waals surface area contributed by atoms with Crippen LogP contribution in [0.15, 0.2) is 60.7 Å². The molecule has 2 aromatic carbocycles. The smallest absolute Gasteiger partial charge is 0.169 e. The summed E-state index contributed by atoms with van der Waals surface area (Å²) in [7, 11) is -3.11. The molecule has 2 aromatic rings. The van der Waals surface area contributed by atoms with Gasteiger partial charge < -0.3 is 10.2 Å². The van der Waals surface area contributed by atoms with Gasteiger partial charge in [-0.3, -0.25) is 0 Å². The van der Waals surface area contributed by atoms with E-state index >= 15 is 0 Å². The third kappa shape index (κ3) is 5.19. The molecular weight excluding hydrogens is 388 g/mol. The number of sulfone groups is 1. The minimum absolute atomic E-state index is 0.00773. The van der Waals surface area contributed by atoms with Crippen LogP contribution in [0.4, 0.5) is 0 Å². The first-order valence-electron chi connectivity index (χ1n) is 8.41. The van der Waals surface area contributed by atoms with Crippen LogP contribution in [-0.2, 0) is 22.9 Å². The minimum Gasteiger partial charge on any atom is -0.357 e. The van der Waals surface area contributed by atoms with Crippen LogP contribution in [0.25, 0.3) is 0 Å². The van der Waals surface area contributed by atoms with Gasteiger partial charge in [0.1, 0.15) is 0 Å². The van der Waals surface area contributed by atoms with Gasteiger partial charge in [0.05, 0.1) is 22.9 Å². The van der Waals surface area contributed by atoms with E-state index in [1.807, 2.05) is 65.6 Å². The fourth-order valence-electron chi connectivity index (χ4n) is 2.99. The van der Waals surface area contributed by atoms with Crippen molar-refractivity contribution in [3.63, 3.8) is 0 Å². The first kappa shape index (κ1) is 19.1. The van der Waals surface area contributed by atoms with E-state index < -0.39 is 15.2 Å². The van der Waals surface area contributed by atoms with Gasteiger partial charge in [-0.05, 0) is 23.3 Å². The highest BCUT2D eigenvalue weighted by molar-refractivity contribution is 7.91. The zero-order valence-electron chi connectivity index (χ0n) is 14.2. The minimum atomic E-state index is -3.11. The van der Waals surface area contributed by atoms with Crippen LogP contribution in [-0.4, -0.2) is 41.4 Å². The molecule has 7 heteroatoms. The number of hydrogen-bond donors (Lipinski definition) is 1.